The average molecular weight is 325 g/mol. The van der Waals surface area contributed by atoms with E-state index in [1.807, 2.05) is 0 Å². The standard InChI is InChI=1S/C16H11N3O5/c1-23-16(20)11-7-3-2-6-10(11)14-17-18-15(24-14)12-8-4-5-9-13(12)19(21)22/h2-9H,1H3. The Kier molecular flexibility index (Phi) is 4.02. The monoisotopic (exact) mass is 325 g/mol. The summed E-state index contributed by atoms with van der Waals surface area (Å²) in [5, 5.41) is 18.9. The molecule has 0 atom stereocenters. The molecule has 0 N–H and O–H groups in total. The Balaban J connectivity index is 2.08. The lowest BCUT2D eigenvalue weighted by atomic mass is 10.1. The fourth-order valence-corrected chi connectivity index (χ4v) is 2.21. The molecule has 0 unspecified atom stereocenters. The molecule has 0 bridgehead atoms. The van der Waals surface area contributed by atoms with Gasteiger partial charge in [-0.15, -0.1) is 10.2 Å². The van der Waals surface area contributed by atoms with Gasteiger partial charge >= 0.3 is 5.97 Å². The van der Waals surface area contributed by atoms with E-state index < -0.39 is 10.9 Å². The number of nitrogens with zero attached hydrogens (tertiary/aromatic N) is 3. The fraction of sp³-hybridized carbons (Fsp3) is 0.0625. The minimum atomic E-state index is -0.545. The number of benzene rings is 2. The van der Waals surface area contributed by atoms with Gasteiger partial charge in [0.05, 0.1) is 23.2 Å². The van der Waals surface area contributed by atoms with E-state index in [1.54, 1.807) is 36.4 Å². The van der Waals surface area contributed by atoms with Crippen molar-refractivity contribution in [3.05, 3.63) is 64.2 Å². The third kappa shape index (κ3) is 2.72. The van der Waals surface area contributed by atoms with Crippen molar-refractivity contribution in [3.8, 4) is 22.9 Å². The molecular weight excluding hydrogens is 314 g/mol. The molecule has 8 heteroatoms. The van der Waals surface area contributed by atoms with E-state index in [-0.39, 0.29) is 28.6 Å². The first kappa shape index (κ1) is 15.3. The van der Waals surface area contributed by atoms with Crippen molar-refractivity contribution in [3.63, 3.8) is 0 Å². The smallest absolute Gasteiger partial charge is 0.338 e. The van der Waals surface area contributed by atoms with Crippen LogP contribution < -0.4 is 0 Å². The highest BCUT2D eigenvalue weighted by atomic mass is 16.6. The molecule has 0 saturated carbocycles. The molecule has 0 aliphatic carbocycles. The molecule has 0 radical (unpaired) electrons. The molecule has 8 nitrogen and oxygen atoms in total. The van der Waals surface area contributed by atoms with Gasteiger partial charge in [0, 0.05) is 6.07 Å². The van der Waals surface area contributed by atoms with Gasteiger partial charge in [-0.2, -0.15) is 0 Å². The second-order valence-electron chi connectivity index (χ2n) is 4.72. The first-order valence-electron chi connectivity index (χ1n) is 6.87. The number of carbonyl (C=O) groups is 1. The molecule has 120 valence electrons. The number of carbonyl (C=O) groups excluding carboxylic acids is 1. The van der Waals surface area contributed by atoms with E-state index in [9.17, 15) is 14.9 Å². The second-order valence-corrected chi connectivity index (χ2v) is 4.72. The normalized spacial score (nSPS) is 10.4. The van der Waals surface area contributed by atoms with Crippen molar-refractivity contribution in [1.82, 2.24) is 10.2 Å². The Morgan fingerprint density at radius 2 is 1.62 bits per heavy atom. The van der Waals surface area contributed by atoms with Crippen LogP contribution in [-0.2, 0) is 4.74 Å². The van der Waals surface area contributed by atoms with Crippen LogP contribution in [-0.4, -0.2) is 28.2 Å². The zero-order valence-electron chi connectivity index (χ0n) is 12.5. The summed E-state index contributed by atoms with van der Waals surface area (Å²) in [7, 11) is 1.27. The number of para-hydroxylation sites is 1. The molecule has 2 aromatic carbocycles. The summed E-state index contributed by atoms with van der Waals surface area (Å²) in [6, 6.07) is 12.6. The predicted octanol–water partition coefficient (Wildman–Crippen LogP) is 3.10. The number of hydrogen-bond acceptors (Lipinski definition) is 7. The number of nitro benzene ring substituents is 1. The molecule has 0 aliphatic heterocycles. The maximum absolute atomic E-state index is 11.8. The number of rotatable bonds is 4. The number of hydrogen-bond donors (Lipinski definition) is 0. The first-order chi connectivity index (χ1) is 11.6. The van der Waals surface area contributed by atoms with Gasteiger partial charge in [0.15, 0.2) is 0 Å². The van der Waals surface area contributed by atoms with Gasteiger partial charge in [-0.3, -0.25) is 10.1 Å². The summed E-state index contributed by atoms with van der Waals surface area (Å²) < 4.78 is 10.3. The minimum Gasteiger partial charge on any atom is -0.465 e. The number of aromatic nitrogens is 2. The van der Waals surface area contributed by atoms with Crippen molar-refractivity contribution < 1.29 is 18.9 Å². The highest BCUT2D eigenvalue weighted by Crippen LogP contribution is 2.31. The quantitative estimate of drug-likeness (QED) is 0.412. The summed E-state index contributed by atoms with van der Waals surface area (Å²) in [6.45, 7) is 0. The minimum absolute atomic E-state index is 0.00281. The summed E-state index contributed by atoms with van der Waals surface area (Å²) in [5.41, 5.74) is 0.713. The maximum Gasteiger partial charge on any atom is 0.338 e. The largest absolute Gasteiger partial charge is 0.465 e. The molecule has 1 heterocycles. The van der Waals surface area contributed by atoms with Gasteiger partial charge in [0.25, 0.3) is 11.6 Å². The highest BCUT2D eigenvalue weighted by molar-refractivity contribution is 5.96. The number of nitro groups is 1. The lowest BCUT2D eigenvalue weighted by Crippen LogP contribution is -2.03. The summed E-state index contributed by atoms with van der Waals surface area (Å²) in [4.78, 5) is 22.4. The Bertz CT molecular complexity index is 919. The van der Waals surface area contributed by atoms with Gasteiger partial charge in [-0.05, 0) is 18.2 Å². The fourth-order valence-electron chi connectivity index (χ4n) is 2.21. The number of ether oxygens (including phenoxy) is 1. The zero-order chi connectivity index (χ0) is 17.1. The zero-order valence-corrected chi connectivity index (χ0v) is 12.5. The van der Waals surface area contributed by atoms with Crippen LogP contribution in [0.25, 0.3) is 22.9 Å². The Morgan fingerprint density at radius 3 is 2.29 bits per heavy atom. The summed E-state index contributed by atoms with van der Waals surface area (Å²) in [5.74, 6) is -0.475. The second kappa shape index (κ2) is 6.29. The van der Waals surface area contributed by atoms with Crippen LogP contribution in [0, 0.1) is 10.1 Å². The van der Waals surface area contributed by atoms with Crippen molar-refractivity contribution in [2.75, 3.05) is 7.11 Å². The number of esters is 1. The van der Waals surface area contributed by atoms with E-state index in [2.05, 4.69) is 10.2 Å². The number of methoxy groups -OCH3 is 1. The van der Waals surface area contributed by atoms with E-state index >= 15 is 0 Å². The SMILES string of the molecule is COC(=O)c1ccccc1-c1nnc(-c2ccccc2[N+](=O)[O-])o1. The van der Waals surface area contributed by atoms with Crippen molar-refractivity contribution in [2.24, 2.45) is 0 Å². The van der Waals surface area contributed by atoms with E-state index in [4.69, 9.17) is 9.15 Å². The third-order valence-corrected chi connectivity index (χ3v) is 3.32. The van der Waals surface area contributed by atoms with Gasteiger partial charge in [-0.25, -0.2) is 4.79 Å². The molecule has 0 fully saturated rings. The van der Waals surface area contributed by atoms with E-state index in [1.165, 1.54) is 19.2 Å². The first-order valence-corrected chi connectivity index (χ1v) is 6.87. The average Bonchev–Trinajstić information content (AvgIpc) is 3.10. The lowest BCUT2D eigenvalue weighted by molar-refractivity contribution is -0.384. The lowest BCUT2D eigenvalue weighted by Gasteiger charge is -2.03. The van der Waals surface area contributed by atoms with Crippen LogP contribution in [0.5, 0.6) is 0 Å². The van der Waals surface area contributed by atoms with Gasteiger partial charge in [0.2, 0.25) is 5.89 Å². The van der Waals surface area contributed by atoms with Crippen molar-refractivity contribution in [2.45, 2.75) is 0 Å². The molecule has 3 aromatic rings. The molecule has 0 spiro atoms. The molecule has 0 amide bonds. The Labute approximate surface area is 135 Å². The summed E-state index contributed by atoms with van der Waals surface area (Å²) in [6.07, 6.45) is 0. The molecular formula is C16H11N3O5. The summed E-state index contributed by atoms with van der Waals surface area (Å²) >= 11 is 0. The third-order valence-electron chi connectivity index (χ3n) is 3.32. The van der Waals surface area contributed by atoms with E-state index in [0.717, 1.165) is 0 Å². The van der Waals surface area contributed by atoms with Crippen LogP contribution in [0.4, 0.5) is 5.69 Å². The topological polar surface area (TPSA) is 108 Å². The maximum atomic E-state index is 11.8. The van der Waals surface area contributed by atoms with E-state index in [0.29, 0.717) is 5.56 Å². The van der Waals surface area contributed by atoms with Crippen LogP contribution in [0.1, 0.15) is 10.4 Å². The van der Waals surface area contributed by atoms with Crippen LogP contribution in [0.15, 0.2) is 52.9 Å². The molecule has 0 saturated heterocycles. The molecule has 24 heavy (non-hydrogen) atoms. The Hall–Kier alpha value is -3.55. The molecule has 0 aliphatic rings. The molecule has 3 rings (SSSR count). The van der Waals surface area contributed by atoms with Crippen LogP contribution >= 0.6 is 0 Å². The van der Waals surface area contributed by atoms with Crippen LogP contribution in [0.2, 0.25) is 0 Å². The highest BCUT2D eigenvalue weighted by Gasteiger charge is 2.22. The Morgan fingerprint density at radius 1 is 1.04 bits per heavy atom. The molecule has 1 aromatic heterocycles. The van der Waals surface area contributed by atoms with Crippen molar-refractivity contribution >= 4 is 11.7 Å². The van der Waals surface area contributed by atoms with Crippen molar-refractivity contribution in [1.29, 1.82) is 0 Å². The van der Waals surface area contributed by atoms with Gasteiger partial charge in [0.1, 0.15) is 5.56 Å². The van der Waals surface area contributed by atoms with Crippen LogP contribution in [0.3, 0.4) is 0 Å². The predicted molar refractivity (Wildman–Crippen MR) is 83.2 cm³/mol. The van der Waals surface area contributed by atoms with Gasteiger partial charge < -0.3 is 9.15 Å². The van der Waals surface area contributed by atoms with Gasteiger partial charge in [-0.1, -0.05) is 24.3 Å².